The van der Waals surface area contributed by atoms with Gasteiger partial charge in [0.05, 0.1) is 5.56 Å². The smallest absolute Gasteiger partial charge is 0.338 e. The Bertz CT molecular complexity index is 892. The highest BCUT2D eigenvalue weighted by Crippen LogP contribution is 2.15. The van der Waals surface area contributed by atoms with Gasteiger partial charge in [0.1, 0.15) is 0 Å². The number of Topliss-reactive ketones (excluding diaryl/α,β-unsaturated/α-hetero) is 1. The zero-order valence-corrected chi connectivity index (χ0v) is 16.2. The molecule has 29 heavy (non-hydrogen) atoms. The van der Waals surface area contributed by atoms with Crippen LogP contribution >= 0.6 is 0 Å². The Morgan fingerprint density at radius 3 is 1.93 bits per heavy atom. The highest BCUT2D eigenvalue weighted by molar-refractivity contribution is 6.02. The van der Waals surface area contributed by atoms with Gasteiger partial charge in [-0.2, -0.15) is 0 Å². The summed E-state index contributed by atoms with van der Waals surface area (Å²) in [6.45, 7) is 3.40. The molecule has 0 bridgehead atoms. The number of nitrogens with two attached hydrogens (primary N) is 1. The summed E-state index contributed by atoms with van der Waals surface area (Å²) in [7, 11) is 0. The molecule has 0 aliphatic rings. The Morgan fingerprint density at radius 1 is 0.897 bits per heavy atom. The van der Waals surface area contributed by atoms with Crippen LogP contribution in [0.3, 0.4) is 0 Å². The van der Waals surface area contributed by atoms with Crippen molar-refractivity contribution in [2.24, 2.45) is 5.73 Å². The fraction of sp³-hybridized carbons (Fsp3) is 0.238. The minimum Gasteiger partial charge on any atom is -0.451 e. The molecule has 0 spiro atoms. The highest BCUT2D eigenvalue weighted by Gasteiger charge is 2.20. The van der Waals surface area contributed by atoms with E-state index in [-0.39, 0.29) is 17.3 Å². The van der Waals surface area contributed by atoms with Crippen LogP contribution < -0.4 is 16.4 Å². The SMILES string of the molecule is CCCC(=O)Nc1ccc(C(=O)C(C)OC(=O)c2ccc(NC(N)=O)cc2)cc1. The third kappa shape index (κ3) is 6.46. The molecule has 0 heterocycles. The van der Waals surface area contributed by atoms with Crippen molar-refractivity contribution in [3.8, 4) is 0 Å². The molecule has 0 radical (unpaired) electrons. The third-order valence-corrected chi connectivity index (χ3v) is 3.97. The van der Waals surface area contributed by atoms with Gasteiger partial charge in [-0.3, -0.25) is 9.59 Å². The van der Waals surface area contributed by atoms with Gasteiger partial charge in [-0.1, -0.05) is 6.92 Å². The van der Waals surface area contributed by atoms with Crippen molar-refractivity contribution in [3.05, 3.63) is 59.7 Å². The van der Waals surface area contributed by atoms with Gasteiger partial charge >= 0.3 is 12.0 Å². The first-order chi connectivity index (χ1) is 13.8. The van der Waals surface area contributed by atoms with Gasteiger partial charge in [-0.25, -0.2) is 9.59 Å². The van der Waals surface area contributed by atoms with Crippen LogP contribution in [0.5, 0.6) is 0 Å². The molecule has 8 nitrogen and oxygen atoms in total. The first kappa shape index (κ1) is 21.6. The summed E-state index contributed by atoms with van der Waals surface area (Å²) in [5.74, 6) is -1.12. The Morgan fingerprint density at radius 2 is 1.41 bits per heavy atom. The normalized spacial score (nSPS) is 11.2. The molecule has 152 valence electrons. The molecule has 0 saturated heterocycles. The quantitative estimate of drug-likeness (QED) is 0.465. The number of carbonyl (C=O) groups is 4. The van der Waals surface area contributed by atoms with E-state index < -0.39 is 18.1 Å². The fourth-order valence-corrected chi connectivity index (χ4v) is 2.52. The summed E-state index contributed by atoms with van der Waals surface area (Å²) < 4.78 is 5.23. The van der Waals surface area contributed by atoms with Crippen molar-refractivity contribution in [1.82, 2.24) is 0 Å². The molecule has 0 aliphatic heterocycles. The minimum atomic E-state index is -0.994. The van der Waals surface area contributed by atoms with Crippen LogP contribution in [0.2, 0.25) is 0 Å². The molecule has 0 saturated carbocycles. The number of carbonyl (C=O) groups excluding carboxylic acids is 4. The summed E-state index contributed by atoms with van der Waals surface area (Å²) in [5, 5.41) is 5.12. The lowest BCUT2D eigenvalue weighted by atomic mass is 10.1. The van der Waals surface area contributed by atoms with Crippen LogP contribution in [0.25, 0.3) is 0 Å². The van der Waals surface area contributed by atoms with Crippen molar-refractivity contribution in [3.63, 3.8) is 0 Å². The Balaban J connectivity index is 1.96. The molecule has 8 heteroatoms. The van der Waals surface area contributed by atoms with E-state index in [2.05, 4.69) is 10.6 Å². The summed E-state index contributed by atoms with van der Waals surface area (Å²) in [6, 6.07) is 11.6. The van der Waals surface area contributed by atoms with Gasteiger partial charge < -0.3 is 21.1 Å². The zero-order valence-electron chi connectivity index (χ0n) is 16.2. The molecular weight excluding hydrogens is 374 g/mol. The van der Waals surface area contributed by atoms with E-state index in [4.69, 9.17) is 10.5 Å². The molecule has 2 aromatic rings. The second kappa shape index (κ2) is 10.0. The molecule has 2 aromatic carbocycles. The van der Waals surface area contributed by atoms with Gasteiger partial charge in [-0.05, 0) is 61.9 Å². The number of ether oxygens (including phenoxy) is 1. The monoisotopic (exact) mass is 397 g/mol. The second-order valence-corrected chi connectivity index (χ2v) is 6.35. The number of benzene rings is 2. The molecule has 0 aliphatic carbocycles. The highest BCUT2D eigenvalue weighted by atomic mass is 16.5. The molecular formula is C21H23N3O5. The van der Waals surface area contributed by atoms with E-state index in [1.165, 1.54) is 31.2 Å². The number of hydrogen-bond acceptors (Lipinski definition) is 5. The number of urea groups is 1. The molecule has 1 atom stereocenters. The summed E-state index contributed by atoms with van der Waals surface area (Å²) >= 11 is 0. The van der Waals surface area contributed by atoms with E-state index >= 15 is 0 Å². The van der Waals surface area contributed by atoms with E-state index in [0.717, 1.165) is 6.42 Å². The van der Waals surface area contributed by atoms with E-state index in [0.29, 0.717) is 23.4 Å². The zero-order chi connectivity index (χ0) is 21.4. The average Bonchev–Trinajstić information content (AvgIpc) is 2.68. The molecule has 1 unspecified atom stereocenters. The lowest BCUT2D eigenvalue weighted by Crippen LogP contribution is -2.24. The number of amides is 3. The van der Waals surface area contributed by atoms with Crippen molar-refractivity contribution < 1.29 is 23.9 Å². The molecule has 4 N–H and O–H groups in total. The second-order valence-electron chi connectivity index (χ2n) is 6.35. The first-order valence-corrected chi connectivity index (χ1v) is 9.11. The summed E-state index contributed by atoms with van der Waals surface area (Å²) in [6.07, 6.45) is 0.176. The van der Waals surface area contributed by atoms with Crippen molar-refractivity contribution in [1.29, 1.82) is 0 Å². The number of primary amides is 1. The van der Waals surface area contributed by atoms with E-state index in [9.17, 15) is 19.2 Å². The van der Waals surface area contributed by atoms with Gasteiger partial charge in [0.25, 0.3) is 0 Å². The molecule has 3 amide bonds. The lowest BCUT2D eigenvalue weighted by molar-refractivity contribution is -0.116. The Labute approximate surface area is 168 Å². The maximum atomic E-state index is 12.5. The maximum Gasteiger partial charge on any atom is 0.338 e. The summed E-state index contributed by atoms with van der Waals surface area (Å²) in [5.41, 5.74) is 6.64. The largest absolute Gasteiger partial charge is 0.451 e. The topological polar surface area (TPSA) is 128 Å². The third-order valence-electron chi connectivity index (χ3n) is 3.97. The van der Waals surface area contributed by atoms with Crippen LogP contribution in [-0.2, 0) is 9.53 Å². The minimum absolute atomic E-state index is 0.0917. The van der Waals surface area contributed by atoms with E-state index in [1.807, 2.05) is 6.92 Å². The molecule has 0 aromatic heterocycles. The maximum absolute atomic E-state index is 12.5. The van der Waals surface area contributed by atoms with Crippen molar-refractivity contribution in [2.75, 3.05) is 10.6 Å². The van der Waals surface area contributed by atoms with Crippen LogP contribution in [0.1, 0.15) is 47.4 Å². The average molecular weight is 397 g/mol. The summed E-state index contributed by atoms with van der Waals surface area (Å²) in [4.78, 5) is 47.1. The van der Waals surface area contributed by atoms with Crippen molar-refractivity contribution in [2.45, 2.75) is 32.8 Å². The molecule has 2 rings (SSSR count). The van der Waals surface area contributed by atoms with Crippen LogP contribution in [0.4, 0.5) is 16.2 Å². The Kier molecular flexibility index (Phi) is 7.47. The Hall–Kier alpha value is -3.68. The van der Waals surface area contributed by atoms with Crippen LogP contribution in [0, 0.1) is 0 Å². The predicted molar refractivity (Wildman–Crippen MR) is 109 cm³/mol. The number of hydrogen-bond donors (Lipinski definition) is 3. The van der Waals surface area contributed by atoms with Crippen LogP contribution in [-0.4, -0.2) is 29.8 Å². The number of rotatable bonds is 8. The van der Waals surface area contributed by atoms with Gasteiger partial charge in [-0.15, -0.1) is 0 Å². The van der Waals surface area contributed by atoms with Crippen molar-refractivity contribution >= 4 is 35.1 Å². The van der Waals surface area contributed by atoms with Gasteiger partial charge in [0.2, 0.25) is 11.7 Å². The molecule has 0 fully saturated rings. The predicted octanol–water partition coefficient (Wildman–Crippen LogP) is 3.34. The first-order valence-electron chi connectivity index (χ1n) is 9.11. The number of esters is 1. The van der Waals surface area contributed by atoms with Gasteiger partial charge in [0, 0.05) is 23.4 Å². The van der Waals surface area contributed by atoms with Gasteiger partial charge in [0.15, 0.2) is 6.10 Å². The lowest BCUT2D eigenvalue weighted by Gasteiger charge is -2.13. The van der Waals surface area contributed by atoms with Crippen LogP contribution in [0.15, 0.2) is 48.5 Å². The fourth-order valence-electron chi connectivity index (χ4n) is 2.52. The standard InChI is InChI=1S/C21H23N3O5/c1-3-4-18(25)23-16-9-5-14(6-10-16)19(26)13(2)29-20(27)15-7-11-17(12-8-15)24-21(22)28/h5-13H,3-4H2,1-2H3,(H,23,25)(H3,22,24,28). The number of anilines is 2. The number of nitrogens with one attached hydrogen (secondary N) is 2. The number of ketones is 1. The van der Waals surface area contributed by atoms with E-state index in [1.54, 1.807) is 24.3 Å².